The molecule has 0 bridgehead atoms. The zero-order chi connectivity index (χ0) is 13.8. The van der Waals surface area contributed by atoms with Gasteiger partial charge in [-0.25, -0.2) is 0 Å². The molecule has 0 unspecified atom stereocenters. The number of carbonyl (C=O) groups is 1. The van der Waals surface area contributed by atoms with E-state index in [1.807, 2.05) is 0 Å². The average Bonchev–Trinajstić information content (AvgIpc) is 2.43. The SMILES string of the molecule is CNc1cnccc1C(=O)Nc1ccc(Cl)c(Br)c1. The van der Waals surface area contributed by atoms with Crippen LogP contribution in [0.4, 0.5) is 11.4 Å². The second-order valence-corrected chi connectivity index (χ2v) is 5.02. The Kier molecular flexibility index (Phi) is 4.39. The van der Waals surface area contributed by atoms with Gasteiger partial charge in [-0.1, -0.05) is 11.6 Å². The number of pyridine rings is 1. The molecule has 2 rings (SSSR count). The highest BCUT2D eigenvalue weighted by Crippen LogP contribution is 2.26. The molecule has 2 aromatic rings. The van der Waals surface area contributed by atoms with Crippen molar-refractivity contribution >= 4 is 44.8 Å². The summed E-state index contributed by atoms with van der Waals surface area (Å²) in [6, 6.07) is 6.87. The van der Waals surface area contributed by atoms with Gasteiger partial charge in [0, 0.05) is 23.4 Å². The summed E-state index contributed by atoms with van der Waals surface area (Å²) in [5.41, 5.74) is 1.87. The average molecular weight is 341 g/mol. The number of nitrogens with zero attached hydrogens (tertiary/aromatic N) is 1. The number of carbonyl (C=O) groups excluding carboxylic acids is 1. The first-order chi connectivity index (χ1) is 9.11. The molecule has 0 atom stereocenters. The molecule has 1 aromatic heterocycles. The first-order valence-electron chi connectivity index (χ1n) is 5.50. The third kappa shape index (κ3) is 3.24. The second kappa shape index (κ2) is 6.04. The summed E-state index contributed by atoms with van der Waals surface area (Å²) in [4.78, 5) is 16.1. The van der Waals surface area contributed by atoms with Crippen LogP contribution in [0.25, 0.3) is 0 Å². The van der Waals surface area contributed by atoms with Crippen LogP contribution >= 0.6 is 27.5 Å². The zero-order valence-electron chi connectivity index (χ0n) is 10.1. The van der Waals surface area contributed by atoms with Gasteiger partial charge in [-0.2, -0.15) is 0 Å². The van der Waals surface area contributed by atoms with Crippen LogP contribution in [0.15, 0.2) is 41.1 Å². The van der Waals surface area contributed by atoms with Crippen molar-refractivity contribution in [1.82, 2.24) is 4.98 Å². The van der Waals surface area contributed by atoms with E-state index in [4.69, 9.17) is 11.6 Å². The van der Waals surface area contributed by atoms with E-state index in [9.17, 15) is 4.79 Å². The molecule has 4 nitrogen and oxygen atoms in total. The summed E-state index contributed by atoms with van der Waals surface area (Å²) in [5.74, 6) is -0.207. The molecule has 98 valence electrons. The Labute approximate surface area is 124 Å². The van der Waals surface area contributed by atoms with Crippen molar-refractivity contribution in [2.75, 3.05) is 17.7 Å². The first-order valence-corrected chi connectivity index (χ1v) is 6.67. The van der Waals surface area contributed by atoms with Gasteiger partial charge in [-0.05, 0) is 40.2 Å². The zero-order valence-corrected chi connectivity index (χ0v) is 12.4. The lowest BCUT2D eigenvalue weighted by Crippen LogP contribution is -2.14. The van der Waals surface area contributed by atoms with E-state index in [2.05, 4.69) is 31.5 Å². The van der Waals surface area contributed by atoms with E-state index in [0.29, 0.717) is 22.0 Å². The maximum Gasteiger partial charge on any atom is 0.257 e. The smallest absolute Gasteiger partial charge is 0.257 e. The largest absolute Gasteiger partial charge is 0.386 e. The molecule has 0 spiro atoms. The Balaban J connectivity index is 2.23. The summed E-state index contributed by atoms with van der Waals surface area (Å²) < 4.78 is 0.732. The van der Waals surface area contributed by atoms with Crippen molar-refractivity contribution in [3.05, 3.63) is 51.7 Å². The first kappa shape index (κ1) is 13.8. The van der Waals surface area contributed by atoms with E-state index in [1.54, 1.807) is 43.7 Å². The molecule has 0 aliphatic carbocycles. The quantitative estimate of drug-likeness (QED) is 0.894. The van der Waals surface area contributed by atoms with Gasteiger partial charge in [-0.3, -0.25) is 9.78 Å². The number of halogens is 2. The lowest BCUT2D eigenvalue weighted by Gasteiger charge is -2.09. The van der Waals surface area contributed by atoms with Gasteiger partial charge in [0.1, 0.15) is 0 Å². The normalized spacial score (nSPS) is 10.1. The lowest BCUT2D eigenvalue weighted by molar-refractivity contribution is 0.102. The van der Waals surface area contributed by atoms with Crippen molar-refractivity contribution in [1.29, 1.82) is 0 Å². The molecule has 0 aliphatic heterocycles. The van der Waals surface area contributed by atoms with Crippen LogP contribution in [0.3, 0.4) is 0 Å². The highest BCUT2D eigenvalue weighted by molar-refractivity contribution is 9.10. The Morgan fingerprint density at radius 1 is 1.37 bits per heavy atom. The predicted molar refractivity (Wildman–Crippen MR) is 80.9 cm³/mol. The van der Waals surface area contributed by atoms with Gasteiger partial charge in [-0.15, -0.1) is 0 Å². The molecule has 0 saturated heterocycles. The van der Waals surface area contributed by atoms with E-state index >= 15 is 0 Å². The van der Waals surface area contributed by atoms with Gasteiger partial charge in [0.25, 0.3) is 5.91 Å². The lowest BCUT2D eigenvalue weighted by atomic mass is 10.2. The molecule has 1 heterocycles. The molecule has 0 saturated carbocycles. The maximum atomic E-state index is 12.2. The van der Waals surface area contributed by atoms with Crippen molar-refractivity contribution < 1.29 is 4.79 Å². The van der Waals surface area contributed by atoms with Crippen LogP contribution in [0.2, 0.25) is 5.02 Å². The van der Waals surface area contributed by atoms with Crippen LogP contribution in [0.5, 0.6) is 0 Å². The minimum absolute atomic E-state index is 0.207. The highest BCUT2D eigenvalue weighted by atomic mass is 79.9. The van der Waals surface area contributed by atoms with Crippen molar-refractivity contribution in [3.8, 4) is 0 Å². The topological polar surface area (TPSA) is 54.0 Å². The van der Waals surface area contributed by atoms with Gasteiger partial charge in [0.15, 0.2) is 0 Å². The summed E-state index contributed by atoms with van der Waals surface area (Å²) in [6.07, 6.45) is 3.18. The molecular formula is C13H11BrClN3O. The van der Waals surface area contributed by atoms with E-state index in [1.165, 1.54) is 0 Å². The standard InChI is InChI=1S/C13H11BrClN3O/c1-16-12-7-17-5-4-9(12)13(19)18-8-2-3-11(15)10(14)6-8/h2-7,16H,1H3,(H,18,19). The van der Waals surface area contributed by atoms with Crippen molar-refractivity contribution in [3.63, 3.8) is 0 Å². The van der Waals surface area contributed by atoms with Crippen molar-refractivity contribution in [2.45, 2.75) is 0 Å². The van der Waals surface area contributed by atoms with E-state index in [-0.39, 0.29) is 5.91 Å². The minimum Gasteiger partial charge on any atom is -0.386 e. The molecule has 19 heavy (non-hydrogen) atoms. The predicted octanol–water partition coefficient (Wildman–Crippen LogP) is 3.79. The molecule has 1 amide bonds. The summed E-state index contributed by atoms with van der Waals surface area (Å²) >= 11 is 9.22. The number of benzene rings is 1. The number of amides is 1. The fraction of sp³-hybridized carbons (Fsp3) is 0.0769. The number of hydrogen-bond acceptors (Lipinski definition) is 3. The Morgan fingerprint density at radius 3 is 2.84 bits per heavy atom. The third-order valence-electron chi connectivity index (χ3n) is 2.51. The molecule has 0 fully saturated rings. The number of anilines is 2. The van der Waals surface area contributed by atoms with Crippen LogP contribution < -0.4 is 10.6 Å². The Hall–Kier alpha value is -1.59. The van der Waals surface area contributed by atoms with Crippen LogP contribution in [0, 0.1) is 0 Å². The van der Waals surface area contributed by atoms with Crippen LogP contribution in [-0.4, -0.2) is 17.9 Å². The molecule has 0 aliphatic rings. The maximum absolute atomic E-state index is 12.2. The molecule has 2 N–H and O–H groups in total. The molecular weight excluding hydrogens is 330 g/mol. The Bertz CT molecular complexity index is 619. The fourth-order valence-corrected chi connectivity index (χ4v) is 2.06. The third-order valence-corrected chi connectivity index (χ3v) is 3.73. The molecule has 1 aromatic carbocycles. The molecule has 6 heteroatoms. The summed E-state index contributed by atoms with van der Waals surface area (Å²) in [6.45, 7) is 0. The van der Waals surface area contributed by atoms with Gasteiger partial charge in [0.05, 0.1) is 22.5 Å². The Morgan fingerprint density at radius 2 is 2.16 bits per heavy atom. The summed E-state index contributed by atoms with van der Waals surface area (Å²) in [7, 11) is 1.74. The van der Waals surface area contributed by atoms with Crippen LogP contribution in [0.1, 0.15) is 10.4 Å². The summed E-state index contributed by atoms with van der Waals surface area (Å²) in [5, 5.41) is 6.33. The van der Waals surface area contributed by atoms with Crippen LogP contribution in [-0.2, 0) is 0 Å². The van der Waals surface area contributed by atoms with Gasteiger partial charge < -0.3 is 10.6 Å². The highest BCUT2D eigenvalue weighted by Gasteiger charge is 2.11. The van der Waals surface area contributed by atoms with Crippen molar-refractivity contribution in [2.24, 2.45) is 0 Å². The fourth-order valence-electron chi connectivity index (χ4n) is 1.56. The molecule has 0 radical (unpaired) electrons. The number of aromatic nitrogens is 1. The van der Waals surface area contributed by atoms with Gasteiger partial charge in [0.2, 0.25) is 0 Å². The number of nitrogens with one attached hydrogen (secondary N) is 2. The second-order valence-electron chi connectivity index (χ2n) is 3.75. The van der Waals surface area contributed by atoms with Gasteiger partial charge >= 0.3 is 0 Å². The number of rotatable bonds is 3. The monoisotopic (exact) mass is 339 g/mol. The minimum atomic E-state index is -0.207. The van der Waals surface area contributed by atoms with E-state index < -0.39 is 0 Å². The number of hydrogen-bond donors (Lipinski definition) is 2. The van der Waals surface area contributed by atoms with E-state index in [0.717, 1.165) is 4.47 Å².